The van der Waals surface area contributed by atoms with Crippen molar-refractivity contribution in [3.8, 4) is 0 Å². The first-order valence-corrected chi connectivity index (χ1v) is 7.74. The standard InChI is InChI=1S/C13H24N2O4S/c1-5-19-13(18)10(14)6-20-7-11(17)15-12(8(2)3)9(4)16/h8,10,12H,5-7,14H2,1-4H3,(H,15,17). The summed E-state index contributed by atoms with van der Waals surface area (Å²) in [5.41, 5.74) is 5.61. The van der Waals surface area contributed by atoms with Crippen molar-refractivity contribution in [3.05, 3.63) is 0 Å². The summed E-state index contributed by atoms with van der Waals surface area (Å²) in [6.07, 6.45) is 0. The van der Waals surface area contributed by atoms with E-state index in [1.54, 1.807) is 6.92 Å². The molecule has 0 aliphatic rings. The van der Waals surface area contributed by atoms with E-state index in [1.807, 2.05) is 13.8 Å². The lowest BCUT2D eigenvalue weighted by Crippen LogP contribution is -2.44. The molecule has 0 aliphatic heterocycles. The topological polar surface area (TPSA) is 98.5 Å². The van der Waals surface area contributed by atoms with Crippen molar-refractivity contribution in [2.45, 2.75) is 39.8 Å². The fourth-order valence-electron chi connectivity index (χ4n) is 1.55. The van der Waals surface area contributed by atoms with Gasteiger partial charge < -0.3 is 15.8 Å². The molecule has 116 valence electrons. The van der Waals surface area contributed by atoms with E-state index in [0.29, 0.717) is 5.75 Å². The van der Waals surface area contributed by atoms with E-state index in [-0.39, 0.29) is 30.0 Å². The predicted molar refractivity (Wildman–Crippen MR) is 79.4 cm³/mol. The van der Waals surface area contributed by atoms with E-state index in [0.717, 1.165) is 0 Å². The average molecular weight is 304 g/mol. The van der Waals surface area contributed by atoms with Crippen LogP contribution < -0.4 is 11.1 Å². The summed E-state index contributed by atoms with van der Waals surface area (Å²) in [4.78, 5) is 34.3. The molecule has 0 spiro atoms. The molecule has 0 radical (unpaired) electrons. The Bertz CT molecular complexity index is 347. The second kappa shape index (κ2) is 9.77. The van der Waals surface area contributed by atoms with Gasteiger partial charge in [0.1, 0.15) is 6.04 Å². The number of thioether (sulfide) groups is 1. The monoisotopic (exact) mass is 304 g/mol. The van der Waals surface area contributed by atoms with E-state index < -0.39 is 18.1 Å². The second-order valence-electron chi connectivity index (χ2n) is 4.77. The number of hydrogen-bond acceptors (Lipinski definition) is 6. The number of carbonyl (C=O) groups excluding carboxylic acids is 3. The molecule has 6 nitrogen and oxygen atoms in total. The molecule has 2 unspecified atom stereocenters. The van der Waals surface area contributed by atoms with Gasteiger partial charge in [0.2, 0.25) is 5.91 Å². The van der Waals surface area contributed by atoms with Crippen molar-refractivity contribution in [1.82, 2.24) is 5.32 Å². The number of ketones is 1. The van der Waals surface area contributed by atoms with Crippen LogP contribution in [0.4, 0.5) is 0 Å². The highest BCUT2D eigenvalue weighted by atomic mass is 32.2. The number of ether oxygens (including phenoxy) is 1. The Morgan fingerprint density at radius 3 is 2.35 bits per heavy atom. The zero-order chi connectivity index (χ0) is 15.7. The van der Waals surface area contributed by atoms with Gasteiger partial charge in [0.15, 0.2) is 5.78 Å². The van der Waals surface area contributed by atoms with Gasteiger partial charge in [-0.1, -0.05) is 13.8 Å². The Labute approximate surface area is 124 Å². The van der Waals surface area contributed by atoms with Crippen molar-refractivity contribution in [3.63, 3.8) is 0 Å². The largest absolute Gasteiger partial charge is 0.465 e. The van der Waals surface area contributed by atoms with Crippen LogP contribution in [0.2, 0.25) is 0 Å². The van der Waals surface area contributed by atoms with Crippen LogP contribution in [0.1, 0.15) is 27.7 Å². The third kappa shape index (κ3) is 7.49. The number of hydrogen-bond donors (Lipinski definition) is 2. The molecule has 7 heteroatoms. The first-order valence-electron chi connectivity index (χ1n) is 6.59. The first kappa shape index (κ1) is 18.9. The molecule has 0 saturated heterocycles. The van der Waals surface area contributed by atoms with Crippen molar-refractivity contribution in [1.29, 1.82) is 0 Å². The van der Waals surface area contributed by atoms with Gasteiger partial charge in [-0.05, 0) is 19.8 Å². The van der Waals surface area contributed by atoms with Crippen molar-refractivity contribution in [2.75, 3.05) is 18.1 Å². The molecule has 3 N–H and O–H groups in total. The molecule has 0 aromatic carbocycles. The smallest absolute Gasteiger partial charge is 0.323 e. The Morgan fingerprint density at radius 1 is 1.30 bits per heavy atom. The number of amides is 1. The highest BCUT2D eigenvalue weighted by Gasteiger charge is 2.21. The molecule has 1 amide bonds. The van der Waals surface area contributed by atoms with Gasteiger partial charge in [-0.25, -0.2) is 0 Å². The lowest BCUT2D eigenvalue weighted by atomic mass is 10.0. The Hall–Kier alpha value is -1.08. The van der Waals surface area contributed by atoms with Crippen LogP contribution in [0, 0.1) is 5.92 Å². The van der Waals surface area contributed by atoms with Crippen LogP contribution in [-0.4, -0.2) is 47.9 Å². The third-order valence-corrected chi connectivity index (χ3v) is 3.60. The van der Waals surface area contributed by atoms with Crippen molar-refractivity contribution < 1.29 is 19.1 Å². The van der Waals surface area contributed by atoms with Crippen molar-refractivity contribution in [2.24, 2.45) is 11.7 Å². The number of carbonyl (C=O) groups is 3. The SMILES string of the molecule is CCOC(=O)C(N)CSCC(=O)NC(C(C)=O)C(C)C. The van der Waals surface area contributed by atoms with E-state index in [9.17, 15) is 14.4 Å². The molecule has 0 saturated carbocycles. The molecule has 0 bridgehead atoms. The minimum Gasteiger partial charge on any atom is -0.465 e. The number of nitrogens with two attached hydrogens (primary N) is 1. The summed E-state index contributed by atoms with van der Waals surface area (Å²) in [5.74, 6) is -0.267. The van der Waals surface area contributed by atoms with Gasteiger partial charge in [0, 0.05) is 5.75 Å². The van der Waals surface area contributed by atoms with Gasteiger partial charge in [-0.3, -0.25) is 14.4 Å². The van der Waals surface area contributed by atoms with Crippen LogP contribution in [0.5, 0.6) is 0 Å². The maximum Gasteiger partial charge on any atom is 0.323 e. The highest BCUT2D eigenvalue weighted by molar-refractivity contribution is 8.00. The highest BCUT2D eigenvalue weighted by Crippen LogP contribution is 2.06. The van der Waals surface area contributed by atoms with Crippen LogP contribution in [0.3, 0.4) is 0 Å². The Morgan fingerprint density at radius 2 is 1.90 bits per heavy atom. The van der Waals surface area contributed by atoms with Gasteiger partial charge in [-0.15, -0.1) is 11.8 Å². The zero-order valence-corrected chi connectivity index (χ0v) is 13.3. The van der Waals surface area contributed by atoms with E-state index in [1.165, 1.54) is 18.7 Å². The molecular formula is C13H24N2O4S. The normalized spacial score (nSPS) is 13.7. The summed E-state index contributed by atoms with van der Waals surface area (Å²) < 4.78 is 4.77. The molecule has 0 aromatic heterocycles. The van der Waals surface area contributed by atoms with E-state index in [2.05, 4.69) is 5.32 Å². The summed E-state index contributed by atoms with van der Waals surface area (Å²) in [7, 11) is 0. The maximum absolute atomic E-state index is 11.7. The van der Waals surface area contributed by atoms with Crippen LogP contribution in [0.15, 0.2) is 0 Å². The number of Topliss-reactive ketones (excluding diaryl/α,β-unsaturated/α-hetero) is 1. The summed E-state index contributed by atoms with van der Waals surface area (Å²) >= 11 is 1.24. The van der Waals surface area contributed by atoms with E-state index in [4.69, 9.17) is 10.5 Å². The fraction of sp³-hybridized carbons (Fsp3) is 0.769. The molecule has 20 heavy (non-hydrogen) atoms. The molecule has 0 aromatic rings. The molecule has 0 aliphatic carbocycles. The minimum atomic E-state index is -0.735. The summed E-state index contributed by atoms with van der Waals surface area (Å²) in [6.45, 7) is 7.19. The van der Waals surface area contributed by atoms with Crippen molar-refractivity contribution >= 4 is 29.4 Å². The molecule has 0 fully saturated rings. The minimum absolute atomic E-state index is 0.0447. The molecular weight excluding hydrogens is 280 g/mol. The number of nitrogens with one attached hydrogen (secondary N) is 1. The third-order valence-electron chi connectivity index (χ3n) is 2.54. The fourth-order valence-corrected chi connectivity index (χ4v) is 2.33. The maximum atomic E-state index is 11.7. The van der Waals surface area contributed by atoms with Crippen LogP contribution in [0.25, 0.3) is 0 Å². The Balaban J connectivity index is 4.05. The van der Waals surface area contributed by atoms with Gasteiger partial charge in [0.25, 0.3) is 0 Å². The number of esters is 1. The van der Waals surface area contributed by atoms with Gasteiger partial charge in [0.05, 0.1) is 18.4 Å². The lowest BCUT2D eigenvalue weighted by molar-refractivity contribution is -0.144. The second-order valence-corrected chi connectivity index (χ2v) is 5.80. The quantitative estimate of drug-likeness (QED) is 0.596. The molecule has 2 atom stereocenters. The first-order chi connectivity index (χ1) is 9.29. The number of rotatable bonds is 9. The molecule has 0 heterocycles. The van der Waals surface area contributed by atoms with Crippen LogP contribution >= 0.6 is 11.8 Å². The predicted octanol–water partition coefficient (Wildman–Crippen LogP) is 0.340. The van der Waals surface area contributed by atoms with Gasteiger partial charge in [-0.2, -0.15) is 0 Å². The molecule has 0 rings (SSSR count). The zero-order valence-electron chi connectivity index (χ0n) is 12.5. The Kier molecular flexibility index (Phi) is 9.24. The summed E-state index contributed by atoms with van der Waals surface area (Å²) in [6, 6.07) is -1.21. The lowest BCUT2D eigenvalue weighted by Gasteiger charge is -2.19. The summed E-state index contributed by atoms with van der Waals surface area (Å²) in [5, 5.41) is 2.68. The van der Waals surface area contributed by atoms with E-state index >= 15 is 0 Å². The van der Waals surface area contributed by atoms with Gasteiger partial charge >= 0.3 is 5.97 Å². The average Bonchev–Trinajstić information content (AvgIpc) is 2.35. The van der Waals surface area contributed by atoms with Crippen LogP contribution in [-0.2, 0) is 19.1 Å².